The van der Waals surface area contributed by atoms with E-state index in [9.17, 15) is 5.11 Å². The highest BCUT2D eigenvalue weighted by atomic mass is 16.5. The van der Waals surface area contributed by atoms with Gasteiger partial charge in [0.1, 0.15) is 5.75 Å². The molecule has 0 atom stereocenters. The Morgan fingerprint density at radius 1 is 1.29 bits per heavy atom. The number of nitrogens with two attached hydrogens (primary N) is 1. The van der Waals surface area contributed by atoms with Crippen molar-refractivity contribution in [3.63, 3.8) is 0 Å². The van der Waals surface area contributed by atoms with Gasteiger partial charge in [-0.3, -0.25) is 0 Å². The van der Waals surface area contributed by atoms with Crippen LogP contribution in [0.4, 0.5) is 11.4 Å². The molecule has 0 unspecified atom stereocenters. The predicted octanol–water partition coefficient (Wildman–Crippen LogP) is 0.811. The number of nitrogen functional groups attached to an aromatic ring is 1. The first kappa shape index (κ1) is 9.15. The number of rotatable bonds is 1. The first-order chi connectivity index (χ1) is 6.79. The van der Waals surface area contributed by atoms with Crippen LogP contribution in [-0.4, -0.2) is 31.4 Å². The van der Waals surface area contributed by atoms with Crippen LogP contribution in [0.15, 0.2) is 18.2 Å². The smallest absolute Gasteiger partial charge is 0.140 e. The highest BCUT2D eigenvalue weighted by molar-refractivity contribution is 5.73. The van der Waals surface area contributed by atoms with Gasteiger partial charge in [-0.1, -0.05) is 6.07 Å². The van der Waals surface area contributed by atoms with Gasteiger partial charge in [0.2, 0.25) is 0 Å². The molecule has 1 aliphatic heterocycles. The molecule has 4 heteroatoms. The molecule has 3 N–H and O–H groups in total. The van der Waals surface area contributed by atoms with E-state index < -0.39 is 0 Å². The zero-order chi connectivity index (χ0) is 9.97. The summed E-state index contributed by atoms with van der Waals surface area (Å²) in [6, 6.07) is 5.32. The molecule has 4 nitrogen and oxygen atoms in total. The molecule has 1 heterocycles. The minimum atomic E-state index is 0.147. The first-order valence-electron chi connectivity index (χ1n) is 4.69. The van der Waals surface area contributed by atoms with E-state index in [1.807, 2.05) is 6.07 Å². The van der Waals surface area contributed by atoms with Gasteiger partial charge in [-0.25, -0.2) is 0 Å². The van der Waals surface area contributed by atoms with Crippen LogP contribution in [0.1, 0.15) is 0 Å². The van der Waals surface area contributed by atoms with E-state index >= 15 is 0 Å². The fourth-order valence-electron chi connectivity index (χ4n) is 1.62. The van der Waals surface area contributed by atoms with Gasteiger partial charge in [0.15, 0.2) is 0 Å². The van der Waals surface area contributed by atoms with Crippen molar-refractivity contribution >= 4 is 11.4 Å². The van der Waals surface area contributed by atoms with Crippen LogP contribution in [0.3, 0.4) is 0 Å². The lowest BCUT2D eigenvalue weighted by Crippen LogP contribution is -2.36. The molecule has 0 bridgehead atoms. The summed E-state index contributed by atoms with van der Waals surface area (Å²) in [7, 11) is 0. The third kappa shape index (κ3) is 1.61. The molecule has 76 valence electrons. The van der Waals surface area contributed by atoms with E-state index in [2.05, 4.69) is 4.90 Å². The number of ether oxygens (including phenoxy) is 1. The van der Waals surface area contributed by atoms with Crippen molar-refractivity contribution in [2.24, 2.45) is 0 Å². The molecular weight excluding hydrogens is 180 g/mol. The number of benzene rings is 1. The Morgan fingerprint density at radius 2 is 2.00 bits per heavy atom. The van der Waals surface area contributed by atoms with Crippen LogP contribution in [0.5, 0.6) is 5.75 Å². The molecule has 1 aliphatic rings. The molecule has 0 saturated carbocycles. The number of aromatic hydroxyl groups is 1. The number of phenolic OH excluding ortho intramolecular Hbond substituents is 1. The quantitative estimate of drug-likeness (QED) is 0.513. The van der Waals surface area contributed by atoms with Gasteiger partial charge in [0, 0.05) is 13.1 Å². The summed E-state index contributed by atoms with van der Waals surface area (Å²) in [5, 5.41) is 9.45. The topological polar surface area (TPSA) is 58.7 Å². The number of hydrogen-bond acceptors (Lipinski definition) is 4. The summed E-state index contributed by atoms with van der Waals surface area (Å²) < 4.78 is 5.25. The summed E-state index contributed by atoms with van der Waals surface area (Å²) in [5.74, 6) is 0.147. The Labute approximate surface area is 82.9 Å². The summed E-state index contributed by atoms with van der Waals surface area (Å²) in [6.07, 6.45) is 0. The first-order valence-corrected chi connectivity index (χ1v) is 4.69. The predicted molar refractivity (Wildman–Crippen MR) is 55.6 cm³/mol. The zero-order valence-corrected chi connectivity index (χ0v) is 7.94. The Bertz CT molecular complexity index is 322. The summed E-state index contributed by atoms with van der Waals surface area (Å²) in [6.45, 7) is 3.09. The van der Waals surface area contributed by atoms with Gasteiger partial charge in [0.05, 0.1) is 24.6 Å². The highest BCUT2D eigenvalue weighted by Crippen LogP contribution is 2.31. The average Bonchev–Trinajstić information content (AvgIpc) is 2.23. The lowest BCUT2D eigenvalue weighted by Gasteiger charge is -2.29. The van der Waals surface area contributed by atoms with Crippen LogP contribution in [-0.2, 0) is 4.74 Å². The van der Waals surface area contributed by atoms with Gasteiger partial charge in [-0.15, -0.1) is 0 Å². The Hall–Kier alpha value is -1.42. The van der Waals surface area contributed by atoms with Crippen LogP contribution in [0, 0.1) is 0 Å². The van der Waals surface area contributed by atoms with Gasteiger partial charge < -0.3 is 20.5 Å². The normalized spacial score (nSPS) is 17.0. The van der Waals surface area contributed by atoms with Gasteiger partial charge >= 0.3 is 0 Å². The fourth-order valence-corrected chi connectivity index (χ4v) is 1.62. The molecule has 1 fully saturated rings. The minimum Gasteiger partial charge on any atom is -0.506 e. The third-order valence-corrected chi connectivity index (χ3v) is 2.41. The van der Waals surface area contributed by atoms with Crippen molar-refractivity contribution in [2.45, 2.75) is 0 Å². The largest absolute Gasteiger partial charge is 0.506 e. The molecule has 1 aromatic rings. The molecule has 0 aromatic heterocycles. The van der Waals surface area contributed by atoms with Gasteiger partial charge in [-0.05, 0) is 12.1 Å². The van der Waals surface area contributed by atoms with E-state index in [1.165, 1.54) is 0 Å². The van der Waals surface area contributed by atoms with Crippen molar-refractivity contribution in [3.8, 4) is 5.75 Å². The maximum absolute atomic E-state index is 9.45. The molecular formula is C10H14N2O2. The van der Waals surface area contributed by atoms with Crippen molar-refractivity contribution in [1.82, 2.24) is 0 Å². The highest BCUT2D eigenvalue weighted by Gasteiger charge is 2.14. The summed E-state index contributed by atoms with van der Waals surface area (Å²) in [4.78, 5) is 2.12. The Kier molecular flexibility index (Phi) is 2.45. The van der Waals surface area contributed by atoms with Crippen molar-refractivity contribution in [3.05, 3.63) is 18.2 Å². The van der Waals surface area contributed by atoms with Crippen molar-refractivity contribution < 1.29 is 9.84 Å². The molecule has 1 saturated heterocycles. The van der Waals surface area contributed by atoms with E-state index in [-0.39, 0.29) is 5.75 Å². The minimum absolute atomic E-state index is 0.147. The van der Waals surface area contributed by atoms with Crippen LogP contribution in [0.2, 0.25) is 0 Å². The SMILES string of the molecule is Nc1c(O)cccc1N1CCOCC1. The maximum atomic E-state index is 9.45. The molecule has 0 aliphatic carbocycles. The van der Waals surface area contributed by atoms with E-state index in [1.54, 1.807) is 12.1 Å². The number of nitrogens with zero attached hydrogens (tertiary/aromatic N) is 1. The van der Waals surface area contributed by atoms with Gasteiger partial charge in [-0.2, -0.15) is 0 Å². The second kappa shape index (κ2) is 3.75. The van der Waals surface area contributed by atoms with Crippen LogP contribution >= 0.6 is 0 Å². The number of anilines is 2. The number of morpholine rings is 1. The van der Waals surface area contributed by atoms with Crippen molar-refractivity contribution in [2.75, 3.05) is 36.9 Å². The van der Waals surface area contributed by atoms with Gasteiger partial charge in [0.25, 0.3) is 0 Å². The number of phenols is 1. The molecule has 2 rings (SSSR count). The second-order valence-corrected chi connectivity index (χ2v) is 3.31. The third-order valence-electron chi connectivity index (χ3n) is 2.41. The second-order valence-electron chi connectivity index (χ2n) is 3.31. The fraction of sp³-hybridized carbons (Fsp3) is 0.400. The van der Waals surface area contributed by atoms with E-state index in [0.717, 1.165) is 32.0 Å². The summed E-state index contributed by atoms with van der Waals surface area (Å²) >= 11 is 0. The molecule has 0 amide bonds. The molecule has 0 spiro atoms. The average molecular weight is 194 g/mol. The molecule has 0 radical (unpaired) electrons. The van der Waals surface area contributed by atoms with Crippen LogP contribution < -0.4 is 10.6 Å². The van der Waals surface area contributed by atoms with Crippen molar-refractivity contribution in [1.29, 1.82) is 0 Å². The standard InChI is InChI=1S/C10H14N2O2/c11-10-8(2-1-3-9(10)13)12-4-6-14-7-5-12/h1-3,13H,4-7,11H2. The summed E-state index contributed by atoms with van der Waals surface area (Å²) in [5.41, 5.74) is 7.13. The van der Waals surface area contributed by atoms with E-state index in [4.69, 9.17) is 10.5 Å². The maximum Gasteiger partial charge on any atom is 0.140 e. The monoisotopic (exact) mass is 194 g/mol. The van der Waals surface area contributed by atoms with E-state index in [0.29, 0.717) is 5.69 Å². The lowest BCUT2D eigenvalue weighted by atomic mass is 10.2. The zero-order valence-electron chi connectivity index (χ0n) is 7.94. The Morgan fingerprint density at radius 3 is 2.71 bits per heavy atom. The molecule has 14 heavy (non-hydrogen) atoms. The Balaban J connectivity index is 2.26. The molecule has 1 aromatic carbocycles. The van der Waals surface area contributed by atoms with Crippen LogP contribution in [0.25, 0.3) is 0 Å². The lowest BCUT2D eigenvalue weighted by molar-refractivity contribution is 0.123. The number of para-hydroxylation sites is 1. The number of hydrogen-bond donors (Lipinski definition) is 2.